The molecule has 1 amide bonds. The molecule has 0 aliphatic carbocycles. The standard InChI is InChI=1S/C18H15BrClN3O2/c1-11-16(21-17(24)14-10-12(19)8-9-15(14)20)18(25)23(22(11)2)13-6-4-3-5-7-13/h3-10H,1-2H3,(H,21,24). The van der Waals surface area contributed by atoms with Crippen molar-refractivity contribution in [3.63, 3.8) is 0 Å². The van der Waals surface area contributed by atoms with Gasteiger partial charge in [-0.25, -0.2) is 4.68 Å². The number of amides is 1. The molecule has 1 heterocycles. The lowest BCUT2D eigenvalue weighted by Crippen LogP contribution is -2.23. The summed E-state index contributed by atoms with van der Waals surface area (Å²) in [4.78, 5) is 25.4. The Morgan fingerprint density at radius 1 is 1.16 bits per heavy atom. The molecule has 3 aromatic rings. The third kappa shape index (κ3) is 3.27. The molecule has 25 heavy (non-hydrogen) atoms. The topological polar surface area (TPSA) is 56.0 Å². The molecule has 0 aliphatic heterocycles. The minimum absolute atomic E-state index is 0.229. The fourth-order valence-corrected chi connectivity index (χ4v) is 3.13. The van der Waals surface area contributed by atoms with Crippen molar-refractivity contribution in [2.45, 2.75) is 6.92 Å². The van der Waals surface area contributed by atoms with Crippen molar-refractivity contribution in [2.75, 3.05) is 5.32 Å². The van der Waals surface area contributed by atoms with Gasteiger partial charge in [0, 0.05) is 11.5 Å². The molecule has 0 saturated carbocycles. The molecule has 0 bridgehead atoms. The number of nitrogens with one attached hydrogen (secondary N) is 1. The molecule has 0 fully saturated rings. The quantitative estimate of drug-likeness (QED) is 0.692. The third-order valence-corrected chi connectivity index (χ3v) is 4.79. The van der Waals surface area contributed by atoms with Gasteiger partial charge < -0.3 is 5.32 Å². The van der Waals surface area contributed by atoms with Crippen LogP contribution in [0.3, 0.4) is 0 Å². The maximum atomic E-state index is 12.8. The highest BCUT2D eigenvalue weighted by atomic mass is 79.9. The normalized spacial score (nSPS) is 10.7. The molecule has 0 spiro atoms. The molecule has 1 aromatic heterocycles. The van der Waals surface area contributed by atoms with Gasteiger partial charge in [-0.3, -0.25) is 14.3 Å². The monoisotopic (exact) mass is 419 g/mol. The zero-order valence-corrected chi connectivity index (χ0v) is 15.9. The number of halogens is 2. The van der Waals surface area contributed by atoms with Crippen molar-refractivity contribution in [1.82, 2.24) is 9.36 Å². The van der Waals surface area contributed by atoms with E-state index < -0.39 is 5.91 Å². The molecule has 7 heteroatoms. The van der Waals surface area contributed by atoms with Gasteiger partial charge in [0.1, 0.15) is 5.69 Å². The molecule has 2 aromatic carbocycles. The Labute approximate surface area is 158 Å². The van der Waals surface area contributed by atoms with E-state index in [0.29, 0.717) is 16.3 Å². The highest BCUT2D eigenvalue weighted by Gasteiger charge is 2.20. The predicted molar refractivity (Wildman–Crippen MR) is 103 cm³/mol. The maximum absolute atomic E-state index is 12.8. The first-order valence-electron chi connectivity index (χ1n) is 7.50. The van der Waals surface area contributed by atoms with Crippen LogP contribution in [-0.2, 0) is 7.05 Å². The Kier molecular flexibility index (Phi) is 4.83. The number of rotatable bonds is 3. The van der Waals surface area contributed by atoms with Crippen molar-refractivity contribution in [3.05, 3.63) is 79.6 Å². The van der Waals surface area contributed by atoms with E-state index in [9.17, 15) is 9.59 Å². The lowest BCUT2D eigenvalue weighted by Gasteiger charge is -2.07. The van der Waals surface area contributed by atoms with Crippen LogP contribution in [0.25, 0.3) is 5.69 Å². The van der Waals surface area contributed by atoms with Crippen LogP contribution >= 0.6 is 27.5 Å². The largest absolute Gasteiger partial charge is 0.316 e. The fraction of sp³-hybridized carbons (Fsp3) is 0.111. The second kappa shape index (κ2) is 6.90. The predicted octanol–water partition coefficient (Wildman–Crippen LogP) is 4.15. The van der Waals surface area contributed by atoms with Crippen LogP contribution in [0.5, 0.6) is 0 Å². The Bertz CT molecular complexity index is 1010. The smallest absolute Gasteiger partial charge is 0.295 e. The summed E-state index contributed by atoms with van der Waals surface area (Å²) in [6.45, 7) is 1.78. The number of carbonyl (C=O) groups is 1. The first-order chi connectivity index (χ1) is 11.9. The number of para-hydroxylation sites is 1. The van der Waals surface area contributed by atoms with Crippen LogP contribution in [0, 0.1) is 6.92 Å². The summed E-state index contributed by atoms with van der Waals surface area (Å²) in [5, 5.41) is 3.01. The van der Waals surface area contributed by atoms with Crippen LogP contribution in [0.1, 0.15) is 16.1 Å². The Morgan fingerprint density at radius 3 is 2.52 bits per heavy atom. The van der Waals surface area contributed by atoms with E-state index in [-0.39, 0.29) is 11.2 Å². The van der Waals surface area contributed by atoms with E-state index >= 15 is 0 Å². The molecular weight excluding hydrogens is 406 g/mol. The van der Waals surface area contributed by atoms with Crippen molar-refractivity contribution in [2.24, 2.45) is 7.05 Å². The van der Waals surface area contributed by atoms with Crippen molar-refractivity contribution >= 4 is 39.1 Å². The molecule has 5 nitrogen and oxygen atoms in total. The minimum Gasteiger partial charge on any atom is -0.316 e. The lowest BCUT2D eigenvalue weighted by atomic mass is 10.2. The molecule has 0 saturated heterocycles. The zero-order valence-electron chi connectivity index (χ0n) is 13.6. The summed E-state index contributed by atoms with van der Waals surface area (Å²) >= 11 is 9.42. The van der Waals surface area contributed by atoms with Crippen molar-refractivity contribution in [1.29, 1.82) is 0 Å². The van der Waals surface area contributed by atoms with Gasteiger partial charge in [0.2, 0.25) is 0 Å². The molecular formula is C18H15BrClN3O2. The number of hydrogen-bond donors (Lipinski definition) is 1. The number of carbonyl (C=O) groups excluding carboxylic acids is 1. The van der Waals surface area contributed by atoms with E-state index in [4.69, 9.17) is 11.6 Å². The van der Waals surface area contributed by atoms with Gasteiger partial charge in [0.25, 0.3) is 11.5 Å². The van der Waals surface area contributed by atoms with Gasteiger partial charge in [0.15, 0.2) is 0 Å². The van der Waals surface area contributed by atoms with Gasteiger partial charge >= 0.3 is 0 Å². The van der Waals surface area contributed by atoms with Crippen LogP contribution in [0.15, 0.2) is 57.8 Å². The summed E-state index contributed by atoms with van der Waals surface area (Å²) in [6.07, 6.45) is 0. The Morgan fingerprint density at radius 2 is 1.84 bits per heavy atom. The number of anilines is 1. The second-order valence-corrected chi connectivity index (χ2v) is 6.84. The van der Waals surface area contributed by atoms with E-state index in [1.54, 1.807) is 36.9 Å². The average Bonchev–Trinajstić information content (AvgIpc) is 2.81. The SMILES string of the molecule is Cc1c(NC(=O)c2cc(Br)ccc2Cl)c(=O)n(-c2ccccc2)n1C. The van der Waals surface area contributed by atoms with Gasteiger partial charge in [-0.15, -0.1) is 0 Å². The third-order valence-electron chi connectivity index (χ3n) is 3.97. The molecule has 3 rings (SSSR count). The Hall–Kier alpha value is -2.31. The van der Waals surface area contributed by atoms with E-state index in [1.807, 2.05) is 30.3 Å². The first kappa shape index (κ1) is 17.5. The van der Waals surface area contributed by atoms with Crippen molar-refractivity contribution < 1.29 is 4.79 Å². The first-order valence-corrected chi connectivity index (χ1v) is 8.67. The van der Waals surface area contributed by atoms with Crippen LogP contribution in [0.2, 0.25) is 5.02 Å². The number of nitrogens with zero attached hydrogens (tertiary/aromatic N) is 2. The summed E-state index contributed by atoms with van der Waals surface area (Å²) in [5.74, 6) is -0.433. The minimum atomic E-state index is -0.433. The molecule has 128 valence electrons. The highest BCUT2D eigenvalue weighted by molar-refractivity contribution is 9.10. The van der Waals surface area contributed by atoms with Gasteiger partial charge in [-0.05, 0) is 37.3 Å². The summed E-state index contributed by atoms with van der Waals surface area (Å²) in [7, 11) is 1.77. The number of hydrogen-bond acceptors (Lipinski definition) is 2. The Balaban J connectivity index is 2.03. The maximum Gasteiger partial charge on any atom is 0.295 e. The molecule has 0 atom stereocenters. The summed E-state index contributed by atoms with van der Waals surface area (Å²) < 4.78 is 3.94. The van der Waals surface area contributed by atoms with Crippen LogP contribution in [0.4, 0.5) is 5.69 Å². The van der Waals surface area contributed by atoms with Crippen molar-refractivity contribution in [3.8, 4) is 5.69 Å². The van der Waals surface area contributed by atoms with Gasteiger partial charge in [-0.2, -0.15) is 0 Å². The summed E-state index contributed by atoms with van der Waals surface area (Å²) in [6, 6.07) is 14.2. The molecule has 0 unspecified atom stereocenters. The second-order valence-electron chi connectivity index (χ2n) is 5.51. The fourth-order valence-electron chi connectivity index (χ4n) is 2.56. The number of aromatic nitrogens is 2. The van der Waals surface area contributed by atoms with E-state index in [0.717, 1.165) is 10.2 Å². The highest BCUT2D eigenvalue weighted by Crippen LogP contribution is 2.22. The van der Waals surface area contributed by atoms with Gasteiger partial charge in [0.05, 0.1) is 22.0 Å². The zero-order chi connectivity index (χ0) is 18.1. The van der Waals surface area contributed by atoms with Crippen LogP contribution < -0.4 is 10.9 Å². The summed E-state index contributed by atoms with van der Waals surface area (Å²) in [5.41, 5.74) is 1.59. The average molecular weight is 421 g/mol. The molecule has 0 aliphatic rings. The molecule has 0 radical (unpaired) electrons. The van der Waals surface area contributed by atoms with Gasteiger partial charge in [-0.1, -0.05) is 45.7 Å². The van der Waals surface area contributed by atoms with Crippen LogP contribution in [-0.4, -0.2) is 15.3 Å². The van der Waals surface area contributed by atoms with E-state index in [2.05, 4.69) is 21.2 Å². The van der Waals surface area contributed by atoms with E-state index in [1.165, 1.54) is 4.68 Å². The lowest BCUT2D eigenvalue weighted by molar-refractivity contribution is 0.102. The number of benzene rings is 2. The molecule has 1 N–H and O–H groups in total.